The number of hydrogen-bond acceptors (Lipinski definition) is 3. The molecule has 4 nitrogen and oxygen atoms in total. The molecule has 0 aliphatic heterocycles. The number of fused-ring (bicyclic) bond motifs is 1. The number of aromatic nitrogens is 2. The molecule has 1 fully saturated rings. The molecule has 2 heterocycles. The fourth-order valence-corrected chi connectivity index (χ4v) is 3.43. The predicted molar refractivity (Wildman–Crippen MR) is 68.9 cm³/mol. The second kappa shape index (κ2) is 4.49. The summed E-state index contributed by atoms with van der Waals surface area (Å²) in [7, 11) is 0. The highest BCUT2D eigenvalue weighted by Crippen LogP contribution is 2.37. The number of carboxylic acid groups (broad SMARTS) is 1. The molecule has 2 aromatic rings. The van der Waals surface area contributed by atoms with Crippen molar-refractivity contribution < 1.29 is 9.90 Å². The molecular formula is C12H16N2O2S. The van der Waals surface area contributed by atoms with Crippen LogP contribution in [0, 0.1) is 0 Å². The number of nitrogens with one attached hydrogen (secondary N) is 1. The van der Waals surface area contributed by atoms with Crippen molar-refractivity contribution in [1.82, 2.24) is 9.97 Å². The van der Waals surface area contributed by atoms with Gasteiger partial charge in [0.1, 0.15) is 11.3 Å². The standard InChI is InChI=1S/C11H12N2O2S.CH4/c14-11(15)7-5-8-9(12-7)13-10(16-8)6-3-1-2-4-6;/h5-6,12H,1-4H2,(H,14,15);1H4. The first-order chi connectivity index (χ1) is 7.74. The molecule has 3 rings (SSSR count). The average molecular weight is 252 g/mol. The Balaban J connectivity index is 0.00000108. The average Bonchev–Trinajstić information content (AvgIpc) is 2.91. The molecule has 0 unspecified atom stereocenters. The topological polar surface area (TPSA) is 66.0 Å². The molecule has 1 aliphatic rings. The first-order valence-corrected chi connectivity index (χ1v) is 6.28. The lowest BCUT2D eigenvalue weighted by molar-refractivity contribution is 0.0691. The quantitative estimate of drug-likeness (QED) is 0.858. The number of H-pyrrole nitrogens is 1. The second-order valence-electron chi connectivity index (χ2n) is 4.23. The molecule has 0 amide bonds. The van der Waals surface area contributed by atoms with Crippen LogP contribution in [0.4, 0.5) is 0 Å². The van der Waals surface area contributed by atoms with Crippen LogP contribution in [0.5, 0.6) is 0 Å². The summed E-state index contributed by atoms with van der Waals surface area (Å²) < 4.78 is 0.958. The Hall–Kier alpha value is -1.36. The monoisotopic (exact) mass is 252 g/mol. The van der Waals surface area contributed by atoms with E-state index in [1.807, 2.05) is 0 Å². The van der Waals surface area contributed by atoms with Crippen molar-refractivity contribution in [3.63, 3.8) is 0 Å². The molecule has 1 aliphatic carbocycles. The van der Waals surface area contributed by atoms with Crippen LogP contribution in [0.25, 0.3) is 10.3 Å². The number of aromatic carboxylic acids is 1. The van der Waals surface area contributed by atoms with Crippen LogP contribution in [0.1, 0.15) is 54.5 Å². The molecule has 0 aromatic carbocycles. The molecule has 2 aromatic heterocycles. The maximum absolute atomic E-state index is 10.8. The normalized spacial score (nSPS) is 16.2. The molecular weight excluding hydrogens is 236 g/mol. The van der Waals surface area contributed by atoms with Gasteiger partial charge in [-0.1, -0.05) is 20.3 Å². The molecule has 5 heteroatoms. The van der Waals surface area contributed by atoms with Crippen molar-refractivity contribution in [2.75, 3.05) is 0 Å². The van der Waals surface area contributed by atoms with Crippen LogP contribution in [0.15, 0.2) is 6.07 Å². The molecule has 2 N–H and O–H groups in total. The maximum Gasteiger partial charge on any atom is 0.352 e. The number of carbonyl (C=O) groups is 1. The van der Waals surface area contributed by atoms with Crippen LogP contribution in [-0.2, 0) is 0 Å². The summed E-state index contributed by atoms with van der Waals surface area (Å²) in [4.78, 5) is 18.1. The Kier molecular flexibility index (Phi) is 3.19. The summed E-state index contributed by atoms with van der Waals surface area (Å²) in [5, 5.41) is 9.99. The molecule has 92 valence electrons. The van der Waals surface area contributed by atoms with Crippen molar-refractivity contribution in [3.05, 3.63) is 16.8 Å². The molecule has 17 heavy (non-hydrogen) atoms. The van der Waals surface area contributed by atoms with Crippen LogP contribution < -0.4 is 0 Å². The summed E-state index contributed by atoms with van der Waals surface area (Å²) in [5.74, 6) is -0.327. The van der Waals surface area contributed by atoms with Gasteiger partial charge in [-0.25, -0.2) is 9.78 Å². The zero-order valence-corrected chi connectivity index (χ0v) is 9.51. The summed E-state index contributed by atoms with van der Waals surface area (Å²) >= 11 is 1.63. The Bertz CT molecular complexity index is 506. The first kappa shape index (κ1) is 12.1. The van der Waals surface area contributed by atoms with E-state index in [4.69, 9.17) is 5.11 Å². The number of nitrogens with zero attached hydrogens (tertiary/aromatic N) is 1. The molecule has 0 radical (unpaired) electrons. The highest BCUT2D eigenvalue weighted by molar-refractivity contribution is 7.18. The van der Waals surface area contributed by atoms with E-state index in [0.717, 1.165) is 15.4 Å². The van der Waals surface area contributed by atoms with Gasteiger partial charge in [0.25, 0.3) is 0 Å². The van der Waals surface area contributed by atoms with E-state index in [1.165, 1.54) is 25.7 Å². The SMILES string of the molecule is C.O=C(O)c1cc2sc(C3CCCC3)nc2[nH]1. The van der Waals surface area contributed by atoms with Gasteiger partial charge in [-0.15, -0.1) is 11.3 Å². The summed E-state index contributed by atoms with van der Waals surface area (Å²) in [6.07, 6.45) is 5.03. The number of carboxylic acids is 1. The first-order valence-electron chi connectivity index (χ1n) is 5.47. The smallest absolute Gasteiger partial charge is 0.352 e. The number of aromatic amines is 1. The molecule has 0 bridgehead atoms. The van der Waals surface area contributed by atoms with E-state index in [9.17, 15) is 4.79 Å². The Labute approximate surface area is 104 Å². The van der Waals surface area contributed by atoms with Crippen LogP contribution >= 0.6 is 11.3 Å². The minimum Gasteiger partial charge on any atom is -0.477 e. The largest absolute Gasteiger partial charge is 0.477 e. The Morgan fingerprint density at radius 3 is 2.76 bits per heavy atom. The lowest BCUT2D eigenvalue weighted by Crippen LogP contribution is -1.96. The van der Waals surface area contributed by atoms with Gasteiger partial charge in [0.05, 0.1) is 9.71 Å². The van der Waals surface area contributed by atoms with Crippen LogP contribution in [0.2, 0.25) is 0 Å². The van der Waals surface area contributed by atoms with Gasteiger partial charge in [-0.2, -0.15) is 0 Å². The predicted octanol–water partition coefficient (Wildman–Crippen LogP) is 3.62. The van der Waals surface area contributed by atoms with Gasteiger partial charge in [0, 0.05) is 5.92 Å². The van der Waals surface area contributed by atoms with Crippen molar-refractivity contribution in [3.8, 4) is 0 Å². The molecule has 0 spiro atoms. The van der Waals surface area contributed by atoms with Gasteiger partial charge in [0.15, 0.2) is 0 Å². The number of hydrogen-bond donors (Lipinski definition) is 2. The fraction of sp³-hybridized carbons (Fsp3) is 0.500. The minimum atomic E-state index is -0.924. The van der Waals surface area contributed by atoms with Crippen molar-refractivity contribution in [2.24, 2.45) is 0 Å². The highest BCUT2D eigenvalue weighted by Gasteiger charge is 2.21. The second-order valence-corrected chi connectivity index (χ2v) is 5.30. The zero-order chi connectivity index (χ0) is 11.1. The third-order valence-electron chi connectivity index (χ3n) is 3.13. The number of rotatable bonds is 2. The fourth-order valence-electron chi connectivity index (χ4n) is 2.29. The van der Waals surface area contributed by atoms with Gasteiger partial charge >= 0.3 is 5.97 Å². The third kappa shape index (κ3) is 2.07. The van der Waals surface area contributed by atoms with Crippen molar-refractivity contribution >= 4 is 27.7 Å². The zero-order valence-electron chi connectivity index (χ0n) is 8.69. The van der Waals surface area contributed by atoms with E-state index in [1.54, 1.807) is 17.4 Å². The lowest BCUT2D eigenvalue weighted by atomic mass is 10.1. The van der Waals surface area contributed by atoms with Gasteiger partial charge < -0.3 is 10.1 Å². The molecule has 0 saturated heterocycles. The highest BCUT2D eigenvalue weighted by atomic mass is 32.1. The van der Waals surface area contributed by atoms with Gasteiger partial charge in [-0.3, -0.25) is 0 Å². The molecule has 0 atom stereocenters. The Morgan fingerprint density at radius 2 is 2.18 bits per heavy atom. The van der Waals surface area contributed by atoms with Crippen molar-refractivity contribution in [2.45, 2.75) is 39.0 Å². The van der Waals surface area contributed by atoms with Crippen LogP contribution in [0.3, 0.4) is 0 Å². The van der Waals surface area contributed by atoms with Crippen molar-refractivity contribution in [1.29, 1.82) is 0 Å². The number of thiazole rings is 1. The third-order valence-corrected chi connectivity index (χ3v) is 4.30. The molecule has 1 saturated carbocycles. The van der Waals surface area contributed by atoms with E-state index >= 15 is 0 Å². The van der Waals surface area contributed by atoms with E-state index < -0.39 is 5.97 Å². The van der Waals surface area contributed by atoms with E-state index in [2.05, 4.69) is 9.97 Å². The summed E-state index contributed by atoms with van der Waals surface area (Å²) in [6, 6.07) is 1.67. The minimum absolute atomic E-state index is 0. The van der Waals surface area contributed by atoms with Gasteiger partial charge in [0.2, 0.25) is 0 Å². The lowest BCUT2D eigenvalue weighted by Gasteiger charge is -2.01. The summed E-state index contributed by atoms with van der Waals surface area (Å²) in [6.45, 7) is 0. The summed E-state index contributed by atoms with van der Waals surface area (Å²) in [5.41, 5.74) is 0.955. The van der Waals surface area contributed by atoms with Crippen LogP contribution in [-0.4, -0.2) is 21.0 Å². The van der Waals surface area contributed by atoms with E-state index in [-0.39, 0.29) is 13.1 Å². The Morgan fingerprint density at radius 1 is 1.47 bits per heavy atom. The van der Waals surface area contributed by atoms with E-state index in [0.29, 0.717) is 5.92 Å². The van der Waals surface area contributed by atoms with Gasteiger partial charge in [-0.05, 0) is 18.9 Å². The maximum atomic E-state index is 10.8.